The number of hydrogen-bond acceptors (Lipinski definition) is 2. The fourth-order valence-corrected chi connectivity index (χ4v) is 11.2. The quantitative estimate of drug-likeness (QED) is 0.129. The number of hydrogen-bond donors (Lipinski definition) is 2. The predicted octanol–water partition coefficient (Wildman–Crippen LogP) is 15.3. The third kappa shape index (κ3) is 8.33. The van der Waals surface area contributed by atoms with Crippen molar-refractivity contribution >= 4 is 67.0 Å². The molecule has 0 fully saturated rings. The van der Waals surface area contributed by atoms with Crippen molar-refractivity contribution in [3.8, 4) is 33.4 Å². The second-order valence-corrected chi connectivity index (χ2v) is 20.0. The van der Waals surface area contributed by atoms with E-state index < -0.39 is 12.5 Å². The van der Waals surface area contributed by atoms with Gasteiger partial charge in [-0.1, -0.05) is 244 Å². The van der Waals surface area contributed by atoms with Gasteiger partial charge in [-0.15, -0.1) is 0 Å². The van der Waals surface area contributed by atoms with Crippen LogP contribution < -0.4 is 5.46 Å². The summed E-state index contributed by atoms with van der Waals surface area (Å²) in [5.41, 5.74) is 17.0. The van der Waals surface area contributed by atoms with E-state index in [-0.39, 0.29) is 5.41 Å². The van der Waals surface area contributed by atoms with Gasteiger partial charge in [-0.25, -0.2) is 0 Å². The molecule has 0 saturated carbocycles. The van der Waals surface area contributed by atoms with E-state index in [1.165, 1.54) is 59.2 Å². The molecular formula is C62H44BBr2IO2. The first-order valence-corrected chi connectivity index (χ1v) is 25.2. The fraction of sp³-hybridized carbons (Fsp3) is 0.0323. The van der Waals surface area contributed by atoms with Crippen LogP contribution in [0.25, 0.3) is 33.4 Å². The predicted molar refractivity (Wildman–Crippen MR) is 297 cm³/mol. The lowest BCUT2D eigenvalue weighted by molar-refractivity contribution is 0.425. The highest BCUT2D eigenvalue weighted by Gasteiger charge is 2.47. The van der Waals surface area contributed by atoms with Gasteiger partial charge in [0.25, 0.3) is 0 Å². The molecule has 0 atom stereocenters. The average molecular weight is 1120 g/mol. The zero-order valence-corrected chi connectivity index (χ0v) is 42.2. The highest BCUT2D eigenvalue weighted by atomic mass is 127. The van der Waals surface area contributed by atoms with Crippen LogP contribution >= 0.6 is 54.5 Å². The van der Waals surface area contributed by atoms with Crippen LogP contribution in [0.15, 0.2) is 264 Å². The molecule has 2 aliphatic carbocycles. The number of rotatable bonds is 6. The largest absolute Gasteiger partial charge is 0.488 e. The van der Waals surface area contributed by atoms with Gasteiger partial charge in [-0.2, -0.15) is 0 Å². The number of fused-ring (bicyclic) bond motifs is 6. The van der Waals surface area contributed by atoms with Crippen molar-refractivity contribution in [1.82, 2.24) is 0 Å². The van der Waals surface area contributed by atoms with Crippen molar-refractivity contribution in [2.45, 2.75) is 10.8 Å². The Hall–Kier alpha value is -6.13. The first-order chi connectivity index (χ1) is 33.3. The minimum Gasteiger partial charge on any atom is -0.423 e. The monoisotopic (exact) mass is 1120 g/mol. The van der Waals surface area contributed by atoms with E-state index in [0.717, 1.165) is 31.2 Å². The topological polar surface area (TPSA) is 40.5 Å². The molecule has 12 rings (SSSR count). The second-order valence-electron chi connectivity index (χ2n) is 16.9. The summed E-state index contributed by atoms with van der Waals surface area (Å²) < 4.78 is 3.50. The van der Waals surface area contributed by atoms with Gasteiger partial charge in [0.15, 0.2) is 0 Å². The summed E-state index contributed by atoms with van der Waals surface area (Å²) in [5.74, 6) is 0. The fourth-order valence-electron chi connectivity index (χ4n) is 10.3. The van der Waals surface area contributed by atoms with Gasteiger partial charge in [-0.05, 0) is 148 Å². The van der Waals surface area contributed by atoms with Crippen molar-refractivity contribution in [2.75, 3.05) is 0 Å². The Kier molecular flexibility index (Phi) is 13.3. The zero-order valence-electron chi connectivity index (χ0n) is 36.9. The van der Waals surface area contributed by atoms with E-state index in [9.17, 15) is 10.0 Å². The molecule has 2 nitrogen and oxygen atoms in total. The summed E-state index contributed by atoms with van der Waals surface area (Å²) in [5, 5.41) is 19.7. The van der Waals surface area contributed by atoms with Gasteiger partial charge in [0.2, 0.25) is 0 Å². The van der Waals surface area contributed by atoms with Crippen LogP contribution in [0.1, 0.15) is 44.5 Å². The first kappa shape index (κ1) is 45.6. The Bertz CT molecular complexity index is 3230. The summed E-state index contributed by atoms with van der Waals surface area (Å²) in [6.07, 6.45) is 0. The van der Waals surface area contributed by atoms with E-state index in [4.69, 9.17) is 0 Å². The van der Waals surface area contributed by atoms with Crippen LogP contribution in [0, 0.1) is 3.57 Å². The zero-order chi connectivity index (χ0) is 46.7. The van der Waals surface area contributed by atoms with Gasteiger partial charge in [0.05, 0.1) is 10.8 Å². The molecule has 10 aromatic rings. The molecule has 328 valence electrons. The van der Waals surface area contributed by atoms with Crippen molar-refractivity contribution in [3.05, 3.63) is 312 Å². The Balaban J connectivity index is 0.000000137. The average Bonchev–Trinajstić information content (AvgIpc) is 3.87. The highest BCUT2D eigenvalue weighted by molar-refractivity contribution is 14.1. The van der Waals surface area contributed by atoms with E-state index in [0.29, 0.717) is 5.46 Å². The molecule has 0 saturated heterocycles. The Morgan fingerprint density at radius 2 is 0.662 bits per heavy atom. The molecule has 0 aromatic heterocycles. The van der Waals surface area contributed by atoms with E-state index in [1.807, 2.05) is 36.4 Å². The van der Waals surface area contributed by atoms with E-state index in [1.54, 1.807) is 6.07 Å². The van der Waals surface area contributed by atoms with Crippen molar-refractivity contribution in [1.29, 1.82) is 0 Å². The minimum absolute atomic E-state index is 0.347. The molecule has 6 heteroatoms. The van der Waals surface area contributed by atoms with Crippen molar-refractivity contribution in [3.63, 3.8) is 0 Å². The maximum atomic E-state index is 9.84. The standard InChI is InChI=1S/C31H21Br.C25H19BO2.C6H4BrI/c32-26-18-15-22(16-19-26)23-17-20-28-27-13-7-8-14-29(27)31(30(28)21-23,24-9-3-1-4-10-24)25-11-5-2-6-12-25;27-26(28)20-15-16-22-21-13-7-8-14-23(21)25(24(22)17-20,18-9-3-1-4-10-18)19-11-5-2-6-12-19;7-5-1-3-6(8)4-2-5/h1-21H;1-17,27-28H;1-4H. The normalized spacial score (nSPS) is 13.0. The minimum atomic E-state index is -1.50. The van der Waals surface area contributed by atoms with Crippen LogP contribution in [-0.4, -0.2) is 17.2 Å². The van der Waals surface area contributed by atoms with Crippen LogP contribution in [0.4, 0.5) is 0 Å². The Morgan fingerprint density at radius 3 is 1.07 bits per heavy atom. The lowest BCUT2D eigenvalue weighted by Crippen LogP contribution is -2.33. The van der Waals surface area contributed by atoms with Crippen molar-refractivity contribution < 1.29 is 10.0 Å². The molecule has 0 spiro atoms. The molecule has 68 heavy (non-hydrogen) atoms. The van der Waals surface area contributed by atoms with Crippen LogP contribution in [-0.2, 0) is 10.8 Å². The maximum Gasteiger partial charge on any atom is 0.488 e. The third-order valence-electron chi connectivity index (χ3n) is 13.2. The lowest BCUT2D eigenvalue weighted by atomic mass is 9.66. The Morgan fingerprint density at radius 1 is 0.324 bits per heavy atom. The highest BCUT2D eigenvalue weighted by Crippen LogP contribution is 2.57. The first-order valence-electron chi connectivity index (χ1n) is 22.5. The molecule has 0 aliphatic heterocycles. The molecule has 0 radical (unpaired) electrons. The molecule has 0 bridgehead atoms. The molecule has 0 unspecified atom stereocenters. The van der Waals surface area contributed by atoms with Crippen LogP contribution in [0.5, 0.6) is 0 Å². The van der Waals surface area contributed by atoms with E-state index >= 15 is 0 Å². The second kappa shape index (κ2) is 19.8. The van der Waals surface area contributed by atoms with E-state index in [2.05, 4.69) is 267 Å². The van der Waals surface area contributed by atoms with Crippen LogP contribution in [0.2, 0.25) is 0 Å². The summed E-state index contributed by atoms with van der Waals surface area (Å²) >= 11 is 9.18. The third-order valence-corrected chi connectivity index (χ3v) is 15.0. The Labute approximate surface area is 429 Å². The molecular weight excluding hydrogens is 1070 g/mol. The number of benzene rings is 10. The van der Waals surface area contributed by atoms with Gasteiger partial charge < -0.3 is 10.0 Å². The SMILES string of the molecule is Brc1ccc(-c2ccc3c(c2)C(c2ccccc2)(c2ccccc2)c2ccccc2-3)cc1.Brc1ccc(I)cc1.OB(O)c1ccc2c(c1)C(c1ccccc1)(c1ccccc1)c1ccccc1-2. The van der Waals surface area contributed by atoms with Crippen molar-refractivity contribution in [2.24, 2.45) is 0 Å². The summed E-state index contributed by atoms with van der Waals surface area (Å²) in [7, 11) is -1.50. The van der Waals surface area contributed by atoms with Gasteiger partial charge in [-0.3, -0.25) is 0 Å². The summed E-state index contributed by atoms with van der Waals surface area (Å²) in [6, 6.07) is 89.6. The lowest BCUT2D eigenvalue weighted by Gasteiger charge is -2.34. The smallest absolute Gasteiger partial charge is 0.423 e. The number of halogens is 3. The van der Waals surface area contributed by atoms with Crippen LogP contribution in [0.3, 0.4) is 0 Å². The molecule has 2 aliphatic rings. The molecule has 0 amide bonds. The summed E-state index contributed by atoms with van der Waals surface area (Å²) in [4.78, 5) is 0. The van der Waals surface area contributed by atoms with Gasteiger partial charge in [0, 0.05) is 12.5 Å². The maximum absolute atomic E-state index is 9.84. The van der Waals surface area contributed by atoms with Gasteiger partial charge in [0.1, 0.15) is 0 Å². The summed E-state index contributed by atoms with van der Waals surface area (Å²) in [6.45, 7) is 0. The molecule has 10 aromatic carbocycles. The van der Waals surface area contributed by atoms with Gasteiger partial charge >= 0.3 is 7.12 Å². The molecule has 0 heterocycles. The molecule has 2 N–H and O–H groups in total.